The molecule has 0 bridgehead atoms. The van der Waals surface area contributed by atoms with Gasteiger partial charge in [0.15, 0.2) is 0 Å². The molecule has 108 valence electrons. The van der Waals surface area contributed by atoms with E-state index in [1.165, 1.54) is 0 Å². The number of halogens is 1. The van der Waals surface area contributed by atoms with E-state index in [2.05, 4.69) is 10.5 Å². The van der Waals surface area contributed by atoms with E-state index in [1.54, 1.807) is 29.2 Å². The molecule has 0 heterocycles. The molecule has 1 aromatic rings. The van der Waals surface area contributed by atoms with Gasteiger partial charge in [0, 0.05) is 19.0 Å². The second-order valence-corrected chi connectivity index (χ2v) is 5.08. The van der Waals surface area contributed by atoms with Crippen LogP contribution in [-0.2, 0) is 0 Å². The Hall–Kier alpha value is -1.95. The third kappa shape index (κ3) is 3.77. The van der Waals surface area contributed by atoms with Crippen molar-refractivity contribution in [2.45, 2.75) is 25.3 Å². The Morgan fingerprint density at radius 3 is 2.80 bits per heavy atom. The van der Waals surface area contributed by atoms with Crippen LogP contribution in [-0.4, -0.2) is 34.6 Å². The maximum absolute atomic E-state index is 12.3. The van der Waals surface area contributed by atoms with Gasteiger partial charge in [0.1, 0.15) is 5.84 Å². The Balaban J connectivity index is 1.99. The summed E-state index contributed by atoms with van der Waals surface area (Å²) < 4.78 is 0. The lowest BCUT2D eigenvalue weighted by molar-refractivity contribution is 0.210. The summed E-state index contributed by atoms with van der Waals surface area (Å²) in [4.78, 5) is 14.0. The highest BCUT2D eigenvalue weighted by molar-refractivity contribution is 6.33. The second kappa shape index (κ2) is 6.47. The SMILES string of the molecule is NC(CCN(C(=O)Nc1ccccc1Cl)C1CC1)=NO. The third-order valence-electron chi connectivity index (χ3n) is 3.10. The molecule has 0 aromatic heterocycles. The average Bonchev–Trinajstić information content (AvgIpc) is 3.26. The summed E-state index contributed by atoms with van der Waals surface area (Å²) in [6, 6.07) is 7.08. The first-order valence-electron chi connectivity index (χ1n) is 6.40. The molecular weight excluding hydrogens is 280 g/mol. The molecule has 0 atom stereocenters. The molecule has 1 aliphatic rings. The van der Waals surface area contributed by atoms with Crippen molar-refractivity contribution in [3.63, 3.8) is 0 Å². The number of benzene rings is 1. The zero-order chi connectivity index (χ0) is 14.5. The molecule has 6 nitrogen and oxygen atoms in total. The highest BCUT2D eigenvalue weighted by Gasteiger charge is 2.32. The van der Waals surface area contributed by atoms with Gasteiger partial charge in [-0.15, -0.1) is 0 Å². The largest absolute Gasteiger partial charge is 0.409 e. The van der Waals surface area contributed by atoms with Gasteiger partial charge in [-0.05, 0) is 25.0 Å². The zero-order valence-electron chi connectivity index (χ0n) is 10.9. The van der Waals surface area contributed by atoms with Gasteiger partial charge in [-0.1, -0.05) is 28.9 Å². The number of nitrogens with one attached hydrogen (secondary N) is 1. The first-order chi connectivity index (χ1) is 9.61. The number of rotatable bonds is 5. The molecule has 0 unspecified atom stereocenters. The van der Waals surface area contributed by atoms with Crippen LogP contribution in [0.5, 0.6) is 0 Å². The molecule has 20 heavy (non-hydrogen) atoms. The molecule has 0 spiro atoms. The highest BCUT2D eigenvalue weighted by atomic mass is 35.5. The van der Waals surface area contributed by atoms with Gasteiger partial charge in [0.25, 0.3) is 0 Å². The van der Waals surface area contributed by atoms with Crippen molar-refractivity contribution in [1.29, 1.82) is 0 Å². The standard InChI is InChI=1S/C13H17ClN4O2/c14-10-3-1-2-4-11(10)16-13(19)18(9-5-6-9)8-7-12(15)17-20/h1-4,9,20H,5-8H2,(H2,15,17)(H,16,19). The van der Waals surface area contributed by atoms with Crippen molar-refractivity contribution in [2.24, 2.45) is 10.9 Å². The van der Waals surface area contributed by atoms with Crippen LogP contribution in [0.2, 0.25) is 5.02 Å². The molecule has 2 amide bonds. The molecule has 2 rings (SSSR count). The number of anilines is 1. The predicted octanol–water partition coefficient (Wildman–Crippen LogP) is 2.47. The lowest BCUT2D eigenvalue weighted by Crippen LogP contribution is -2.39. The molecule has 0 aliphatic heterocycles. The van der Waals surface area contributed by atoms with Crippen molar-refractivity contribution < 1.29 is 10.0 Å². The van der Waals surface area contributed by atoms with E-state index in [0.717, 1.165) is 12.8 Å². The molecule has 0 radical (unpaired) electrons. The number of urea groups is 1. The number of para-hydroxylation sites is 1. The van der Waals surface area contributed by atoms with Crippen LogP contribution in [0.25, 0.3) is 0 Å². The fraction of sp³-hybridized carbons (Fsp3) is 0.385. The van der Waals surface area contributed by atoms with Crippen LogP contribution in [0.15, 0.2) is 29.4 Å². The number of oxime groups is 1. The number of hydrogen-bond acceptors (Lipinski definition) is 3. The van der Waals surface area contributed by atoms with Gasteiger partial charge in [-0.25, -0.2) is 4.79 Å². The number of hydrogen-bond donors (Lipinski definition) is 3. The normalized spacial score (nSPS) is 14.9. The molecule has 4 N–H and O–H groups in total. The Bertz CT molecular complexity index is 517. The van der Waals surface area contributed by atoms with E-state index in [0.29, 0.717) is 23.7 Å². The van der Waals surface area contributed by atoms with Crippen molar-refractivity contribution >= 4 is 29.2 Å². The van der Waals surface area contributed by atoms with Crippen molar-refractivity contribution in [1.82, 2.24) is 4.90 Å². The van der Waals surface area contributed by atoms with Crippen LogP contribution >= 0.6 is 11.6 Å². The van der Waals surface area contributed by atoms with Crippen LogP contribution < -0.4 is 11.1 Å². The Kier molecular flexibility index (Phi) is 4.68. The topological polar surface area (TPSA) is 91.0 Å². The maximum atomic E-state index is 12.3. The molecule has 1 saturated carbocycles. The van der Waals surface area contributed by atoms with Gasteiger partial charge in [-0.2, -0.15) is 0 Å². The van der Waals surface area contributed by atoms with Crippen molar-refractivity contribution in [3.8, 4) is 0 Å². The van der Waals surface area contributed by atoms with Crippen molar-refractivity contribution in [3.05, 3.63) is 29.3 Å². The number of carbonyl (C=O) groups is 1. The molecular formula is C13H17ClN4O2. The fourth-order valence-corrected chi connectivity index (χ4v) is 2.05. The van der Waals surface area contributed by atoms with Gasteiger partial charge in [0.05, 0.1) is 10.7 Å². The van der Waals surface area contributed by atoms with E-state index in [4.69, 9.17) is 22.5 Å². The minimum Gasteiger partial charge on any atom is -0.409 e. The van der Waals surface area contributed by atoms with Gasteiger partial charge >= 0.3 is 6.03 Å². The summed E-state index contributed by atoms with van der Waals surface area (Å²) in [5.74, 6) is 0.112. The number of nitrogens with zero attached hydrogens (tertiary/aromatic N) is 2. The first kappa shape index (κ1) is 14.5. The number of nitrogens with two attached hydrogens (primary N) is 1. The molecule has 1 fully saturated rings. The lowest BCUT2D eigenvalue weighted by Gasteiger charge is -2.22. The summed E-state index contributed by atoms with van der Waals surface area (Å²) in [6.07, 6.45) is 2.29. The van der Waals surface area contributed by atoms with Crippen LogP contribution in [0.4, 0.5) is 10.5 Å². The van der Waals surface area contributed by atoms with E-state index < -0.39 is 0 Å². The summed E-state index contributed by atoms with van der Waals surface area (Å²) in [7, 11) is 0. The van der Waals surface area contributed by atoms with E-state index >= 15 is 0 Å². The molecule has 7 heteroatoms. The quantitative estimate of drug-likeness (QED) is 0.337. The minimum atomic E-state index is -0.216. The smallest absolute Gasteiger partial charge is 0.322 e. The zero-order valence-corrected chi connectivity index (χ0v) is 11.7. The van der Waals surface area contributed by atoms with Gasteiger partial charge in [0.2, 0.25) is 0 Å². The van der Waals surface area contributed by atoms with E-state index in [1.807, 2.05) is 0 Å². The molecule has 1 aliphatic carbocycles. The van der Waals surface area contributed by atoms with Gasteiger partial charge < -0.3 is 21.2 Å². The van der Waals surface area contributed by atoms with Crippen LogP contribution in [0.1, 0.15) is 19.3 Å². The Morgan fingerprint density at radius 1 is 1.50 bits per heavy atom. The summed E-state index contributed by atoms with van der Waals surface area (Å²) >= 11 is 6.01. The monoisotopic (exact) mass is 296 g/mol. The molecule has 1 aromatic carbocycles. The summed E-state index contributed by atoms with van der Waals surface area (Å²) in [5.41, 5.74) is 6.02. The van der Waals surface area contributed by atoms with Crippen LogP contribution in [0.3, 0.4) is 0 Å². The van der Waals surface area contributed by atoms with E-state index in [-0.39, 0.29) is 17.9 Å². The predicted molar refractivity (Wildman–Crippen MR) is 78.2 cm³/mol. The molecule has 0 saturated heterocycles. The Labute approximate surface area is 122 Å². The van der Waals surface area contributed by atoms with Crippen LogP contribution in [0, 0.1) is 0 Å². The lowest BCUT2D eigenvalue weighted by atomic mass is 10.3. The maximum Gasteiger partial charge on any atom is 0.322 e. The summed E-state index contributed by atoms with van der Waals surface area (Å²) in [5, 5.41) is 14.7. The van der Waals surface area contributed by atoms with Gasteiger partial charge in [-0.3, -0.25) is 0 Å². The minimum absolute atomic E-state index is 0.112. The second-order valence-electron chi connectivity index (χ2n) is 4.68. The number of amidine groups is 1. The Morgan fingerprint density at radius 2 is 2.20 bits per heavy atom. The summed E-state index contributed by atoms with van der Waals surface area (Å²) in [6.45, 7) is 0.414. The van der Waals surface area contributed by atoms with Crippen molar-refractivity contribution in [2.75, 3.05) is 11.9 Å². The number of carbonyl (C=O) groups excluding carboxylic acids is 1. The number of amides is 2. The highest BCUT2D eigenvalue weighted by Crippen LogP contribution is 2.28. The first-order valence-corrected chi connectivity index (χ1v) is 6.78. The fourth-order valence-electron chi connectivity index (χ4n) is 1.87. The van der Waals surface area contributed by atoms with E-state index in [9.17, 15) is 4.79 Å². The average molecular weight is 297 g/mol. The third-order valence-corrected chi connectivity index (χ3v) is 3.43.